The molecular formula is C12H12N2O3. The first-order chi connectivity index (χ1) is 8.11. The van der Waals surface area contributed by atoms with Crippen molar-refractivity contribution in [2.45, 2.75) is 0 Å². The molecule has 0 saturated heterocycles. The maximum atomic E-state index is 10.1. The van der Waals surface area contributed by atoms with Crippen LogP contribution >= 0.6 is 0 Å². The molecule has 0 aliphatic heterocycles. The number of benzene rings is 2. The van der Waals surface area contributed by atoms with Gasteiger partial charge in [-0.2, -0.15) is 0 Å². The summed E-state index contributed by atoms with van der Waals surface area (Å²) in [4.78, 5) is 9.44. The molecule has 5 heteroatoms. The number of nitro benzene ring substituents is 1. The van der Waals surface area contributed by atoms with E-state index in [2.05, 4.69) is 0 Å². The van der Waals surface area contributed by atoms with Gasteiger partial charge < -0.3 is 10.8 Å². The summed E-state index contributed by atoms with van der Waals surface area (Å²) in [5.74, 6) is -0.299. The average molecular weight is 232 g/mol. The maximum Gasteiger partial charge on any atom is 0.310 e. The number of nitrogen functional groups attached to an aromatic ring is 1. The minimum atomic E-state index is -0.630. The van der Waals surface area contributed by atoms with Crippen molar-refractivity contribution < 1.29 is 10.0 Å². The van der Waals surface area contributed by atoms with E-state index in [9.17, 15) is 10.1 Å². The minimum absolute atomic E-state index is 0.262. The van der Waals surface area contributed by atoms with E-state index < -0.39 is 4.92 Å². The van der Waals surface area contributed by atoms with Crippen LogP contribution in [0, 0.1) is 10.1 Å². The van der Waals surface area contributed by atoms with Crippen LogP contribution in [0.3, 0.4) is 0 Å². The van der Waals surface area contributed by atoms with Crippen LogP contribution in [0.25, 0.3) is 0 Å². The lowest BCUT2D eigenvalue weighted by molar-refractivity contribution is -0.385. The molecule has 0 aromatic heterocycles. The summed E-state index contributed by atoms with van der Waals surface area (Å²) < 4.78 is 0. The summed E-state index contributed by atoms with van der Waals surface area (Å²) >= 11 is 0. The number of para-hydroxylation sites is 3. The maximum absolute atomic E-state index is 10.1. The molecule has 0 amide bonds. The smallest absolute Gasteiger partial charge is 0.310 e. The molecule has 0 radical (unpaired) electrons. The van der Waals surface area contributed by atoms with E-state index >= 15 is 0 Å². The molecule has 0 fully saturated rings. The number of nitro groups is 1. The van der Waals surface area contributed by atoms with E-state index in [4.69, 9.17) is 10.8 Å². The molecule has 2 rings (SSSR count). The van der Waals surface area contributed by atoms with E-state index in [1.807, 2.05) is 30.3 Å². The molecule has 0 aliphatic carbocycles. The highest BCUT2D eigenvalue weighted by atomic mass is 16.6. The SMILES string of the molecule is Nc1ccccc1.O=[N+]([O-])c1ccccc1O. The number of nitrogens with two attached hydrogens (primary N) is 1. The van der Waals surface area contributed by atoms with Crippen LogP contribution in [-0.2, 0) is 0 Å². The van der Waals surface area contributed by atoms with Crippen LogP contribution in [0.1, 0.15) is 0 Å². The molecule has 0 unspecified atom stereocenters. The lowest BCUT2D eigenvalue weighted by Crippen LogP contribution is -1.86. The number of nitrogens with zero attached hydrogens (tertiary/aromatic N) is 1. The third-order valence-corrected chi connectivity index (χ3v) is 1.88. The zero-order chi connectivity index (χ0) is 12.7. The first kappa shape index (κ1) is 12.5. The van der Waals surface area contributed by atoms with Crippen LogP contribution < -0.4 is 5.73 Å². The number of phenolic OH excluding ortho intramolecular Hbond substituents is 1. The van der Waals surface area contributed by atoms with E-state index in [1.54, 1.807) is 0 Å². The molecule has 0 bridgehead atoms. The third-order valence-electron chi connectivity index (χ3n) is 1.88. The summed E-state index contributed by atoms with van der Waals surface area (Å²) in [6.07, 6.45) is 0. The lowest BCUT2D eigenvalue weighted by atomic mass is 10.3. The fraction of sp³-hybridized carbons (Fsp3) is 0. The Hall–Kier alpha value is -2.56. The molecule has 2 aromatic rings. The van der Waals surface area contributed by atoms with E-state index in [0.29, 0.717) is 0 Å². The quantitative estimate of drug-likeness (QED) is 0.449. The summed E-state index contributed by atoms with van der Waals surface area (Å²) in [6.45, 7) is 0. The van der Waals surface area contributed by atoms with Crippen molar-refractivity contribution in [2.75, 3.05) is 5.73 Å². The van der Waals surface area contributed by atoms with E-state index in [1.165, 1.54) is 24.3 Å². The summed E-state index contributed by atoms with van der Waals surface area (Å²) in [6, 6.07) is 15.0. The lowest BCUT2D eigenvalue weighted by Gasteiger charge is -1.91. The zero-order valence-electron chi connectivity index (χ0n) is 8.98. The van der Waals surface area contributed by atoms with Crippen LogP contribution in [-0.4, -0.2) is 10.0 Å². The third kappa shape index (κ3) is 4.21. The van der Waals surface area contributed by atoms with Crippen LogP contribution in [0.4, 0.5) is 11.4 Å². The van der Waals surface area contributed by atoms with Gasteiger partial charge in [0.2, 0.25) is 0 Å². The standard InChI is InChI=1S/C6H5NO3.C6H7N/c8-6-4-2-1-3-5(6)7(9)10;7-6-4-2-1-3-5-6/h1-4,8H;1-5H,7H2. The Morgan fingerprint density at radius 2 is 1.53 bits per heavy atom. The highest BCUT2D eigenvalue weighted by molar-refractivity contribution is 5.44. The number of phenols is 1. The second-order valence-electron chi connectivity index (χ2n) is 3.16. The minimum Gasteiger partial charge on any atom is -0.502 e. The topological polar surface area (TPSA) is 89.4 Å². The van der Waals surface area contributed by atoms with Crippen molar-refractivity contribution in [3.63, 3.8) is 0 Å². The normalized spacial score (nSPS) is 8.94. The number of hydrogen-bond donors (Lipinski definition) is 2. The van der Waals surface area contributed by atoms with Gasteiger partial charge in [0.05, 0.1) is 4.92 Å². The second-order valence-corrected chi connectivity index (χ2v) is 3.16. The van der Waals surface area contributed by atoms with Gasteiger partial charge in [-0.1, -0.05) is 30.3 Å². The summed E-state index contributed by atoms with van der Waals surface area (Å²) in [5, 5.41) is 18.9. The van der Waals surface area contributed by atoms with Crippen molar-refractivity contribution in [3.8, 4) is 5.75 Å². The van der Waals surface area contributed by atoms with Gasteiger partial charge in [0.15, 0.2) is 5.75 Å². The second kappa shape index (κ2) is 6.12. The summed E-state index contributed by atoms with van der Waals surface area (Å²) in [7, 11) is 0. The molecule has 3 N–H and O–H groups in total. The predicted molar refractivity (Wildman–Crippen MR) is 65.6 cm³/mol. The molecule has 2 aromatic carbocycles. The Kier molecular flexibility index (Phi) is 4.50. The molecule has 88 valence electrons. The first-order valence-corrected chi connectivity index (χ1v) is 4.84. The van der Waals surface area contributed by atoms with E-state index in [0.717, 1.165) is 5.69 Å². The summed E-state index contributed by atoms with van der Waals surface area (Å²) in [5.41, 5.74) is 5.92. The fourth-order valence-electron chi connectivity index (χ4n) is 1.07. The van der Waals surface area contributed by atoms with Crippen LogP contribution in [0.15, 0.2) is 54.6 Å². The van der Waals surface area contributed by atoms with Gasteiger partial charge >= 0.3 is 5.69 Å². The van der Waals surface area contributed by atoms with Gasteiger partial charge in [-0.15, -0.1) is 0 Å². The van der Waals surface area contributed by atoms with E-state index in [-0.39, 0.29) is 11.4 Å². The molecule has 0 saturated carbocycles. The number of anilines is 1. The van der Waals surface area contributed by atoms with Gasteiger partial charge in [-0.3, -0.25) is 10.1 Å². The van der Waals surface area contributed by atoms with Gasteiger partial charge in [0, 0.05) is 11.8 Å². The molecule has 0 spiro atoms. The number of hydrogen-bond acceptors (Lipinski definition) is 4. The van der Waals surface area contributed by atoms with Crippen molar-refractivity contribution in [3.05, 3.63) is 64.7 Å². The van der Waals surface area contributed by atoms with Gasteiger partial charge in [-0.05, 0) is 18.2 Å². The predicted octanol–water partition coefficient (Wildman–Crippen LogP) is 2.57. The molecule has 0 aliphatic rings. The van der Waals surface area contributed by atoms with Crippen LogP contribution in [0.5, 0.6) is 5.75 Å². The molecule has 17 heavy (non-hydrogen) atoms. The Labute approximate surface area is 98.3 Å². The highest BCUT2D eigenvalue weighted by Gasteiger charge is 2.09. The fourth-order valence-corrected chi connectivity index (χ4v) is 1.07. The van der Waals surface area contributed by atoms with Crippen LogP contribution in [0.2, 0.25) is 0 Å². The zero-order valence-corrected chi connectivity index (χ0v) is 8.98. The molecule has 0 heterocycles. The first-order valence-electron chi connectivity index (χ1n) is 4.84. The number of rotatable bonds is 1. The molecule has 0 atom stereocenters. The van der Waals surface area contributed by atoms with Gasteiger partial charge in [-0.25, -0.2) is 0 Å². The Balaban J connectivity index is 0.000000181. The average Bonchev–Trinajstić information content (AvgIpc) is 2.31. The Bertz CT molecular complexity index is 486. The Morgan fingerprint density at radius 3 is 1.88 bits per heavy atom. The largest absolute Gasteiger partial charge is 0.502 e. The number of aromatic hydroxyl groups is 1. The monoisotopic (exact) mass is 232 g/mol. The highest BCUT2D eigenvalue weighted by Crippen LogP contribution is 2.23. The molecule has 5 nitrogen and oxygen atoms in total. The van der Waals surface area contributed by atoms with Crippen molar-refractivity contribution >= 4 is 11.4 Å². The van der Waals surface area contributed by atoms with Gasteiger partial charge in [0.25, 0.3) is 0 Å². The van der Waals surface area contributed by atoms with Crippen molar-refractivity contribution in [1.82, 2.24) is 0 Å². The van der Waals surface area contributed by atoms with Gasteiger partial charge in [0.1, 0.15) is 0 Å². The van der Waals surface area contributed by atoms with Crippen molar-refractivity contribution in [1.29, 1.82) is 0 Å². The Morgan fingerprint density at radius 1 is 1.00 bits per heavy atom. The molecular weight excluding hydrogens is 220 g/mol. The van der Waals surface area contributed by atoms with Crippen molar-refractivity contribution in [2.24, 2.45) is 0 Å².